The van der Waals surface area contributed by atoms with Gasteiger partial charge in [-0.1, -0.05) is 52.4 Å². The monoisotopic (exact) mass is 228 g/mol. The van der Waals surface area contributed by atoms with Crippen LogP contribution < -0.4 is 5.84 Å². The van der Waals surface area contributed by atoms with Crippen LogP contribution in [0.5, 0.6) is 0 Å². The van der Waals surface area contributed by atoms with Crippen LogP contribution in [-0.4, -0.2) is 17.1 Å². The highest BCUT2D eigenvalue weighted by Crippen LogP contribution is 2.13. The molecule has 2 nitrogen and oxygen atoms in total. The zero-order valence-corrected chi connectivity index (χ0v) is 11.8. The largest absolute Gasteiger partial charge is 0.268 e. The summed E-state index contributed by atoms with van der Waals surface area (Å²) in [6, 6.07) is 1.06. The van der Waals surface area contributed by atoms with Gasteiger partial charge in [0.1, 0.15) is 0 Å². The molecule has 0 saturated carbocycles. The summed E-state index contributed by atoms with van der Waals surface area (Å²) in [6.45, 7) is 9.01. The minimum Gasteiger partial charge on any atom is -0.268 e. The van der Waals surface area contributed by atoms with E-state index in [1.165, 1.54) is 51.4 Å². The third-order valence-corrected chi connectivity index (χ3v) is 3.47. The van der Waals surface area contributed by atoms with Crippen molar-refractivity contribution in [2.45, 2.75) is 91.1 Å². The van der Waals surface area contributed by atoms with E-state index in [1.807, 2.05) is 0 Å². The molecule has 2 N–H and O–H groups in total. The molecule has 0 aliphatic carbocycles. The number of nitrogens with two attached hydrogens (primary N) is 1. The van der Waals surface area contributed by atoms with Gasteiger partial charge in [-0.15, -0.1) is 0 Å². The van der Waals surface area contributed by atoms with Crippen LogP contribution in [0.1, 0.15) is 79.1 Å². The quantitative estimate of drug-likeness (QED) is 0.346. The van der Waals surface area contributed by atoms with E-state index in [-0.39, 0.29) is 0 Å². The summed E-state index contributed by atoms with van der Waals surface area (Å²) in [7, 11) is 0. The number of hydrazine groups is 1. The van der Waals surface area contributed by atoms with Gasteiger partial charge >= 0.3 is 0 Å². The average Bonchev–Trinajstić information content (AvgIpc) is 2.28. The van der Waals surface area contributed by atoms with Crippen molar-refractivity contribution >= 4 is 0 Å². The Balaban J connectivity index is 3.68. The molecule has 0 saturated heterocycles. The lowest BCUT2D eigenvalue weighted by Crippen LogP contribution is -2.45. The van der Waals surface area contributed by atoms with E-state index in [0.717, 1.165) is 0 Å². The van der Waals surface area contributed by atoms with Crippen molar-refractivity contribution in [3.05, 3.63) is 0 Å². The van der Waals surface area contributed by atoms with Crippen LogP contribution in [0.15, 0.2) is 0 Å². The standard InChI is InChI=1S/C14H32N2/c1-5-7-9-11-13(3)16(15)14(4)12-10-8-6-2/h13-14H,5-12,15H2,1-4H3/t13-,14-/m1/s1. The predicted molar refractivity (Wildman–Crippen MR) is 73.2 cm³/mol. The summed E-state index contributed by atoms with van der Waals surface area (Å²) in [5, 5.41) is 2.07. The molecule has 0 aliphatic rings. The number of unbranched alkanes of at least 4 members (excludes halogenated alkanes) is 4. The molecule has 0 aliphatic heterocycles. The Bertz CT molecular complexity index is 132. The number of rotatable bonds is 10. The lowest BCUT2D eigenvalue weighted by Gasteiger charge is -2.30. The van der Waals surface area contributed by atoms with Gasteiger partial charge in [-0.3, -0.25) is 5.84 Å². The highest BCUT2D eigenvalue weighted by Gasteiger charge is 2.15. The zero-order valence-electron chi connectivity index (χ0n) is 11.8. The fraction of sp³-hybridized carbons (Fsp3) is 1.00. The number of hydrogen-bond acceptors (Lipinski definition) is 2. The van der Waals surface area contributed by atoms with E-state index in [4.69, 9.17) is 5.84 Å². The van der Waals surface area contributed by atoms with Gasteiger partial charge in [0.15, 0.2) is 0 Å². The Morgan fingerprint density at radius 2 is 1.19 bits per heavy atom. The fourth-order valence-electron chi connectivity index (χ4n) is 2.11. The second-order valence-corrected chi connectivity index (χ2v) is 5.14. The molecular weight excluding hydrogens is 196 g/mol. The molecule has 16 heavy (non-hydrogen) atoms. The summed E-state index contributed by atoms with van der Waals surface area (Å²) in [6.07, 6.45) is 10.4. The summed E-state index contributed by atoms with van der Waals surface area (Å²) in [4.78, 5) is 0. The maximum Gasteiger partial charge on any atom is 0.0215 e. The Hall–Kier alpha value is -0.0800. The molecule has 2 heteroatoms. The molecule has 0 spiro atoms. The van der Waals surface area contributed by atoms with E-state index in [9.17, 15) is 0 Å². The maximum atomic E-state index is 6.16. The van der Waals surface area contributed by atoms with Gasteiger partial charge in [0, 0.05) is 12.1 Å². The molecule has 0 aromatic heterocycles. The first-order valence-corrected chi connectivity index (χ1v) is 7.16. The van der Waals surface area contributed by atoms with Crippen molar-refractivity contribution in [3.63, 3.8) is 0 Å². The lowest BCUT2D eigenvalue weighted by molar-refractivity contribution is 0.137. The maximum absolute atomic E-state index is 6.16. The second-order valence-electron chi connectivity index (χ2n) is 5.14. The van der Waals surface area contributed by atoms with Gasteiger partial charge in [0.05, 0.1) is 0 Å². The first-order chi connectivity index (χ1) is 7.63. The predicted octanol–water partition coefficient (Wildman–Crippen LogP) is 4.10. The zero-order chi connectivity index (χ0) is 12.4. The first-order valence-electron chi connectivity index (χ1n) is 7.16. The Morgan fingerprint density at radius 3 is 1.50 bits per heavy atom. The smallest absolute Gasteiger partial charge is 0.0215 e. The van der Waals surface area contributed by atoms with Crippen LogP contribution in [0.3, 0.4) is 0 Å². The van der Waals surface area contributed by atoms with Crippen LogP contribution in [0.2, 0.25) is 0 Å². The van der Waals surface area contributed by atoms with Crippen molar-refractivity contribution in [3.8, 4) is 0 Å². The molecule has 0 aromatic carbocycles. The summed E-state index contributed by atoms with van der Waals surface area (Å²) >= 11 is 0. The van der Waals surface area contributed by atoms with E-state index < -0.39 is 0 Å². The molecule has 0 rings (SSSR count). The third kappa shape index (κ3) is 7.24. The molecule has 0 aromatic rings. The Morgan fingerprint density at radius 1 is 0.812 bits per heavy atom. The minimum atomic E-state index is 0.531. The van der Waals surface area contributed by atoms with Crippen molar-refractivity contribution in [1.29, 1.82) is 0 Å². The van der Waals surface area contributed by atoms with Crippen LogP contribution in [0.25, 0.3) is 0 Å². The molecule has 98 valence electrons. The van der Waals surface area contributed by atoms with E-state index in [2.05, 4.69) is 32.7 Å². The molecule has 0 bridgehead atoms. The first kappa shape index (κ1) is 15.9. The van der Waals surface area contributed by atoms with Crippen molar-refractivity contribution < 1.29 is 0 Å². The third-order valence-electron chi connectivity index (χ3n) is 3.47. The Labute approximate surface area is 103 Å². The highest BCUT2D eigenvalue weighted by molar-refractivity contribution is 4.68. The molecule has 0 amide bonds. The van der Waals surface area contributed by atoms with Gasteiger partial charge < -0.3 is 0 Å². The van der Waals surface area contributed by atoms with Gasteiger partial charge in [-0.05, 0) is 26.7 Å². The normalized spacial score (nSPS) is 15.4. The van der Waals surface area contributed by atoms with Crippen molar-refractivity contribution in [1.82, 2.24) is 5.01 Å². The molecule has 0 heterocycles. The Kier molecular flexibility index (Phi) is 10.0. The van der Waals surface area contributed by atoms with E-state index in [0.29, 0.717) is 12.1 Å². The molecule has 0 radical (unpaired) electrons. The van der Waals surface area contributed by atoms with Crippen LogP contribution in [-0.2, 0) is 0 Å². The van der Waals surface area contributed by atoms with Crippen LogP contribution >= 0.6 is 0 Å². The average molecular weight is 228 g/mol. The summed E-state index contributed by atoms with van der Waals surface area (Å²) < 4.78 is 0. The SMILES string of the molecule is CCCCC[C@@H](C)N(N)[C@H](C)CCCCC. The van der Waals surface area contributed by atoms with Crippen molar-refractivity contribution in [2.24, 2.45) is 5.84 Å². The lowest BCUT2D eigenvalue weighted by atomic mass is 10.1. The van der Waals surface area contributed by atoms with Crippen LogP contribution in [0, 0.1) is 0 Å². The second kappa shape index (κ2) is 10.1. The topological polar surface area (TPSA) is 29.3 Å². The summed E-state index contributed by atoms with van der Waals surface area (Å²) in [5.41, 5.74) is 0. The van der Waals surface area contributed by atoms with Crippen molar-refractivity contribution in [2.75, 3.05) is 0 Å². The minimum absolute atomic E-state index is 0.531. The summed E-state index contributed by atoms with van der Waals surface area (Å²) in [5.74, 6) is 6.16. The van der Waals surface area contributed by atoms with Gasteiger partial charge in [-0.25, -0.2) is 5.01 Å². The molecule has 2 atom stereocenters. The van der Waals surface area contributed by atoms with Gasteiger partial charge in [-0.2, -0.15) is 0 Å². The highest BCUT2D eigenvalue weighted by atomic mass is 15.4. The fourth-order valence-corrected chi connectivity index (χ4v) is 2.11. The molecule has 0 unspecified atom stereocenters. The number of hydrogen-bond donors (Lipinski definition) is 1. The van der Waals surface area contributed by atoms with E-state index in [1.54, 1.807) is 0 Å². The van der Waals surface area contributed by atoms with E-state index >= 15 is 0 Å². The van der Waals surface area contributed by atoms with Crippen LogP contribution in [0.4, 0.5) is 0 Å². The van der Waals surface area contributed by atoms with Gasteiger partial charge in [0.25, 0.3) is 0 Å². The molecule has 0 fully saturated rings. The van der Waals surface area contributed by atoms with Gasteiger partial charge in [0.2, 0.25) is 0 Å². The molecular formula is C14H32N2. The number of nitrogens with zero attached hydrogens (tertiary/aromatic N) is 1.